The molecule has 1 heterocycles. The van der Waals surface area contributed by atoms with Crippen molar-refractivity contribution < 1.29 is 18.0 Å². The zero-order valence-electron chi connectivity index (χ0n) is 7.40. The van der Waals surface area contributed by atoms with Crippen molar-refractivity contribution in [1.82, 2.24) is 4.90 Å². The van der Waals surface area contributed by atoms with Crippen LogP contribution in [0.3, 0.4) is 0 Å². The van der Waals surface area contributed by atoms with Crippen molar-refractivity contribution in [1.29, 1.82) is 0 Å². The van der Waals surface area contributed by atoms with E-state index in [1.54, 1.807) is 11.9 Å². The molecule has 1 rings (SSSR count). The third-order valence-electron chi connectivity index (χ3n) is 2.27. The maximum Gasteiger partial charge on any atom is 0.450 e. The zero-order chi connectivity index (χ0) is 10.1. The van der Waals surface area contributed by atoms with Crippen molar-refractivity contribution >= 4 is 5.78 Å². The van der Waals surface area contributed by atoms with Crippen molar-refractivity contribution in [3.05, 3.63) is 0 Å². The Morgan fingerprint density at radius 3 is 2.54 bits per heavy atom. The number of rotatable bonds is 1. The van der Waals surface area contributed by atoms with Crippen LogP contribution < -0.4 is 0 Å². The van der Waals surface area contributed by atoms with Gasteiger partial charge >= 0.3 is 6.18 Å². The fraction of sp³-hybridized carbons (Fsp3) is 0.875. The molecule has 13 heavy (non-hydrogen) atoms. The molecule has 1 atom stereocenters. The van der Waals surface area contributed by atoms with Crippen LogP contribution in [-0.2, 0) is 4.79 Å². The van der Waals surface area contributed by atoms with E-state index >= 15 is 0 Å². The average Bonchev–Trinajstić information content (AvgIpc) is 2.01. The number of hydrogen-bond acceptors (Lipinski definition) is 2. The average molecular weight is 195 g/mol. The molecule has 76 valence electrons. The summed E-state index contributed by atoms with van der Waals surface area (Å²) >= 11 is 0. The van der Waals surface area contributed by atoms with Gasteiger partial charge < -0.3 is 4.90 Å². The SMILES string of the molecule is CN1CCC[C@@H](C(=O)C(F)(F)F)C1. The fourth-order valence-electron chi connectivity index (χ4n) is 1.61. The summed E-state index contributed by atoms with van der Waals surface area (Å²) in [5, 5.41) is 0. The third-order valence-corrected chi connectivity index (χ3v) is 2.27. The molecule has 1 aliphatic heterocycles. The summed E-state index contributed by atoms with van der Waals surface area (Å²) < 4.78 is 36.0. The van der Waals surface area contributed by atoms with Gasteiger partial charge in [0.1, 0.15) is 0 Å². The van der Waals surface area contributed by atoms with Crippen LogP contribution in [-0.4, -0.2) is 37.0 Å². The number of likely N-dealkylation sites (tertiary alicyclic amines) is 1. The summed E-state index contributed by atoms with van der Waals surface area (Å²) in [4.78, 5) is 12.6. The number of piperidine rings is 1. The molecule has 0 bridgehead atoms. The standard InChI is InChI=1S/C8H12F3NO/c1-12-4-2-3-6(5-12)7(13)8(9,10)11/h6H,2-5H2,1H3/t6-/m1/s1. The molecule has 5 heteroatoms. The van der Waals surface area contributed by atoms with Gasteiger partial charge in [0, 0.05) is 12.5 Å². The second kappa shape index (κ2) is 3.65. The number of carbonyl (C=O) groups is 1. The molecule has 0 aliphatic carbocycles. The first-order chi connectivity index (χ1) is 5.91. The maximum absolute atomic E-state index is 12.0. The molecule has 0 N–H and O–H groups in total. The van der Waals surface area contributed by atoms with Gasteiger partial charge in [0.05, 0.1) is 0 Å². The third kappa shape index (κ3) is 2.69. The van der Waals surface area contributed by atoms with Crippen molar-refractivity contribution in [3.8, 4) is 0 Å². The number of carbonyl (C=O) groups excluding carboxylic acids is 1. The highest BCUT2D eigenvalue weighted by Crippen LogP contribution is 2.26. The minimum Gasteiger partial charge on any atom is -0.306 e. The van der Waals surface area contributed by atoms with Crippen molar-refractivity contribution in [2.75, 3.05) is 20.1 Å². The smallest absolute Gasteiger partial charge is 0.306 e. The molecule has 0 aromatic carbocycles. The lowest BCUT2D eigenvalue weighted by atomic mass is 9.94. The van der Waals surface area contributed by atoms with Gasteiger partial charge in [-0.3, -0.25) is 4.79 Å². The van der Waals surface area contributed by atoms with E-state index in [0.717, 1.165) is 6.54 Å². The predicted octanol–water partition coefficient (Wildman–Crippen LogP) is 1.46. The van der Waals surface area contributed by atoms with Crippen molar-refractivity contribution in [2.24, 2.45) is 5.92 Å². The van der Waals surface area contributed by atoms with Gasteiger partial charge in [-0.2, -0.15) is 13.2 Å². The Kier molecular flexibility index (Phi) is 2.95. The lowest BCUT2D eigenvalue weighted by molar-refractivity contribution is -0.177. The van der Waals surface area contributed by atoms with E-state index in [1.807, 2.05) is 0 Å². The highest BCUT2D eigenvalue weighted by Gasteiger charge is 2.43. The van der Waals surface area contributed by atoms with E-state index in [0.29, 0.717) is 12.8 Å². The lowest BCUT2D eigenvalue weighted by Gasteiger charge is -2.28. The Balaban J connectivity index is 2.56. The lowest BCUT2D eigenvalue weighted by Crippen LogP contribution is -2.41. The summed E-state index contributed by atoms with van der Waals surface area (Å²) in [6, 6.07) is 0. The molecule has 0 aromatic rings. The van der Waals surface area contributed by atoms with E-state index in [4.69, 9.17) is 0 Å². The van der Waals surface area contributed by atoms with Gasteiger partial charge in [-0.15, -0.1) is 0 Å². The number of ketones is 1. The van der Waals surface area contributed by atoms with Crippen LogP contribution in [0.15, 0.2) is 0 Å². The van der Waals surface area contributed by atoms with E-state index < -0.39 is 17.9 Å². The molecular formula is C8H12F3NO. The van der Waals surface area contributed by atoms with E-state index in [2.05, 4.69) is 0 Å². The Labute approximate surface area is 74.7 Å². The predicted molar refractivity (Wildman–Crippen MR) is 41.3 cm³/mol. The molecule has 0 radical (unpaired) electrons. The van der Waals surface area contributed by atoms with Gasteiger partial charge in [0.2, 0.25) is 5.78 Å². The van der Waals surface area contributed by atoms with Crippen LogP contribution in [0.2, 0.25) is 0 Å². The molecule has 1 fully saturated rings. The molecular weight excluding hydrogens is 183 g/mol. The van der Waals surface area contributed by atoms with E-state index in [9.17, 15) is 18.0 Å². The molecule has 1 aliphatic rings. The van der Waals surface area contributed by atoms with E-state index in [-0.39, 0.29) is 6.54 Å². The van der Waals surface area contributed by atoms with Crippen LogP contribution in [0.4, 0.5) is 13.2 Å². The fourth-order valence-corrected chi connectivity index (χ4v) is 1.61. The number of Topliss-reactive ketones (excluding diaryl/α,β-unsaturated/α-hetero) is 1. The molecule has 2 nitrogen and oxygen atoms in total. The van der Waals surface area contributed by atoms with Gasteiger partial charge in [0.25, 0.3) is 0 Å². The summed E-state index contributed by atoms with van der Waals surface area (Å²) in [7, 11) is 1.73. The molecule has 0 aromatic heterocycles. The van der Waals surface area contributed by atoms with Gasteiger partial charge in [0.15, 0.2) is 0 Å². The van der Waals surface area contributed by atoms with Gasteiger partial charge in [-0.05, 0) is 26.4 Å². The first kappa shape index (κ1) is 10.5. The minimum atomic E-state index is -4.66. The summed E-state index contributed by atoms with van der Waals surface area (Å²) in [5.41, 5.74) is 0. The molecule has 0 amide bonds. The van der Waals surface area contributed by atoms with Gasteiger partial charge in [-0.25, -0.2) is 0 Å². The zero-order valence-corrected chi connectivity index (χ0v) is 7.40. The quantitative estimate of drug-likeness (QED) is 0.631. The number of halogens is 3. The number of hydrogen-bond donors (Lipinski definition) is 0. The van der Waals surface area contributed by atoms with Crippen LogP contribution in [0.25, 0.3) is 0 Å². The molecule has 0 unspecified atom stereocenters. The summed E-state index contributed by atoms with van der Waals surface area (Å²) in [5.74, 6) is -2.42. The highest BCUT2D eigenvalue weighted by atomic mass is 19.4. The number of alkyl halides is 3. The molecule has 0 spiro atoms. The molecule has 0 saturated carbocycles. The second-order valence-corrected chi connectivity index (χ2v) is 3.46. The molecule has 1 saturated heterocycles. The minimum absolute atomic E-state index is 0.234. The second-order valence-electron chi connectivity index (χ2n) is 3.46. The van der Waals surface area contributed by atoms with Crippen LogP contribution in [0, 0.1) is 5.92 Å². The Bertz CT molecular complexity index is 202. The Hall–Kier alpha value is -0.580. The van der Waals surface area contributed by atoms with E-state index in [1.165, 1.54) is 0 Å². The Morgan fingerprint density at radius 1 is 1.46 bits per heavy atom. The highest BCUT2D eigenvalue weighted by molar-refractivity contribution is 5.86. The largest absolute Gasteiger partial charge is 0.450 e. The maximum atomic E-state index is 12.0. The van der Waals surface area contributed by atoms with Crippen LogP contribution in [0.5, 0.6) is 0 Å². The van der Waals surface area contributed by atoms with Crippen molar-refractivity contribution in [2.45, 2.75) is 19.0 Å². The summed E-state index contributed by atoms with van der Waals surface area (Å²) in [6.07, 6.45) is -3.63. The Morgan fingerprint density at radius 2 is 2.08 bits per heavy atom. The number of nitrogens with zero attached hydrogens (tertiary/aromatic N) is 1. The summed E-state index contributed by atoms with van der Waals surface area (Å²) in [6.45, 7) is 1.01. The van der Waals surface area contributed by atoms with Crippen LogP contribution >= 0.6 is 0 Å². The van der Waals surface area contributed by atoms with Crippen LogP contribution in [0.1, 0.15) is 12.8 Å². The van der Waals surface area contributed by atoms with Crippen molar-refractivity contribution in [3.63, 3.8) is 0 Å². The normalized spacial score (nSPS) is 26.0. The topological polar surface area (TPSA) is 20.3 Å². The monoisotopic (exact) mass is 195 g/mol. The first-order valence-corrected chi connectivity index (χ1v) is 4.21. The van der Waals surface area contributed by atoms with Gasteiger partial charge in [-0.1, -0.05) is 0 Å². The first-order valence-electron chi connectivity index (χ1n) is 4.21.